The van der Waals surface area contributed by atoms with Crippen LogP contribution in [0.5, 0.6) is 11.5 Å². The van der Waals surface area contributed by atoms with Crippen molar-refractivity contribution < 1.29 is 9.47 Å². The topological polar surface area (TPSA) is 44.5 Å². The highest BCUT2D eigenvalue weighted by atomic mass is 16.5. The van der Waals surface area contributed by atoms with E-state index in [9.17, 15) is 0 Å². The molecule has 1 unspecified atom stereocenters. The predicted octanol–water partition coefficient (Wildman–Crippen LogP) is 2.89. The molecule has 1 atom stereocenters. The second-order valence-electron chi connectivity index (χ2n) is 4.60. The predicted molar refractivity (Wildman–Crippen MR) is 71.1 cm³/mol. The van der Waals surface area contributed by atoms with Gasteiger partial charge >= 0.3 is 0 Å². The van der Waals surface area contributed by atoms with Crippen molar-refractivity contribution in [2.75, 3.05) is 20.8 Å². The second kappa shape index (κ2) is 5.92. The number of rotatable bonds is 5. The van der Waals surface area contributed by atoms with E-state index in [0.717, 1.165) is 22.6 Å². The Hall–Kier alpha value is -1.22. The summed E-state index contributed by atoms with van der Waals surface area (Å²) in [4.78, 5) is 0. The van der Waals surface area contributed by atoms with Crippen molar-refractivity contribution in [2.45, 2.75) is 32.6 Å². The fourth-order valence-corrected chi connectivity index (χ4v) is 2.07. The van der Waals surface area contributed by atoms with Gasteiger partial charge in [0, 0.05) is 5.56 Å². The first kappa shape index (κ1) is 13.8. The normalized spacial score (nSPS) is 12.6. The molecule has 0 bridgehead atoms. The highest BCUT2D eigenvalue weighted by Crippen LogP contribution is 2.40. The molecule has 0 aliphatic heterocycles. The van der Waals surface area contributed by atoms with Gasteiger partial charge in [-0.15, -0.1) is 0 Å². The van der Waals surface area contributed by atoms with Gasteiger partial charge in [0.25, 0.3) is 0 Å². The lowest BCUT2D eigenvalue weighted by Crippen LogP contribution is -2.11. The van der Waals surface area contributed by atoms with Crippen molar-refractivity contribution in [2.24, 2.45) is 5.73 Å². The summed E-state index contributed by atoms with van der Waals surface area (Å²) in [5, 5.41) is 0. The molecular weight excluding hydrogens is 214 g/mol. The Balaban J connectivity index is 3.40. The van der Waals surface area contributed by atoms with Crippen LogP contribution < -0.4 is 15.2 Å². The van der Waals surface area contributed by atoms with Crippen LogP contribution in [0.1, 0.15) is 43.7 Å². The summed E-state index contributed by atoms with van der Waals surface area (Å²) in [5.41, 5.74) is 8.01. The van der Waals surface area contributed by atoms with Gasteiger partial charge in [-0.3, -0.25) is 0 Å². The van der Waals surface area contributed by atoms with E-state index >= 15 is 0 Å². The van der Waals surface area contributed by atoms with Crippen LogP contribution in [0.3, 0.4) is 0 Å². The number of nitrogens with two attached hydrogens (primary N) is 1. The average molecular weight is 237 g/mol. The SMILES string of the molecule is COc1ccc(C(C)CN)c(OC)c1C(C)C. The van der Waals surface area contributed by atoms with Crippen molar-refractivity contribution in [1.29, 1.82) is 0 Å². The third kappa shape index (κ3) is 2.72. The van der Waals surface area contributed by atoms with Crippen LogP contribution in [-0.4, -0.2) is 20.8 Å². The molecule has 1 aromatic carbocycles. The lowest BCUT2D eigenvalue weighted by atomic mass is 9.92. The second-order valence-corrected chi connectivity index (χ2v) is 4.60. The monoisotopic (exact) mass is 237 g/mol. The summed E-state index contributed by atoms with van der Waals surface area (Å²) >= 11 is 0. The first-order valence-corrected chi connectivity index (χ1v) is 6.01. The summed E-state index contributed by atoms with van der Waals surface area (Å²) in [6.45, 7) is 6.99. The molecule has 2 N–H and O–H groups in total. The van der Waals surface area contributed by atoms with Gasteiger partial charge in [-0.1, -0.05) is 26.8 Å². The van der Waals surface area contributed by atoms with Crippen molar-refractivity contribution in [3.05, 3.63) is 23.3 Å². The quantitative estimate of drug-likeness (QED) is 0.856. The van der Waals surface area contributed by atoms with Crippen LogP contribution in [-0.2, 0) is 0 Å². The molecule has 96 valence electrons. The van der Waals surface area contributed by atoms with Gasteiger partial charge in [-0.25, -0.2) is 0 Å². The van der Waals surface area contributed by atoms with Crippen LogP contribution in [0.4, 0.5) is 0 Å². The minimum Gasteiger partial charge on any atom is -0.496 e. The molecule has 0 aliphatic rings. The number of benzene rings is 1. The molecular formula is C14H23NO2. The summed E-state index contributed by atoms with van der Waals surface area (Å²) < 4.78 is 11.0. The third-order valence-corrected chi connectivity index (χ3v) is 3.07. The summed E-state index contributed by atoms with van der Waals surface area (Å²) in [5.74, 6) is 2.43. The van der Waals surface area contributed by atoms with E-state index in [0.29, 0.717) is 12.5 Å². The van der Waals surface area contributed by atoms with Crippen molar-refractivity contribution in [1.82, 2.24) is 0 Å². The van der Waals surface area contributed by atoms with E-state index in [1.165, 1.54) is 0 Å². The van der Waals surface area contributed by atoms with Gasteiger partial charge in [0.05, 0.1) is 14.2 Å². The van der Waals surface area contributed by atoms with Crippen LogP contribution in [0.2, 0.25) is 0 Å². The van der Waals surface area contributed by atoms with Crippen LogP contribution in [0.25, 0.3) is 0 Å². The molecule has 0 fully saturated rings. The molecule has 17 heavy (non-hydrogen) atoms. The summed E-state index contributed by atoms with van der Waals surface area (Å²) in [6, 6.07) is 4.04. The molecule has 0 amide bonds. The Morgan fingerprint density at radius 3 is 2.18 bits per heavy atom. The fraction of sp³-hybridized carbons (Fsp3) is 0.571. The van der Waals surface area contributed by atoms with Crippen LogP contribution >= 0.6 is 0 Å². The molecule has 0 aromatic heterocycles. The number of ether oxygens (including phenoxy) is 2. The lowest BCUT2D eigenvalue weighted by Gasteiger charge is -2.21. The summed E-state index contributed by atoms with van der Waals surface area (Å²) in [7, 11) is 3.39. The number of hydrogen-bond donors (Lipinski definition) is 1. The molecule has 0 saturated carbocycles. The van der Waals surface area contributed by atoms with E-state index in [-0.39, 0.29) is 5.92 Å². The zero-order chi connectivity index (χ0) is 13.0. The summed E-state index contributed by atoms with van der Waals surface area (Å²) in [6.07, 6.45) is 0. The Kier molecular flexibility index (Phi) is 4.82. The van der Waals surface area contributed by atoms with Crippen LogP contribution in [0.15, 0.2) is 12.1 Å². The highest BCUT2D eigenvalue weighted by Gasteiger charge is 2.20. The third-order valence-electron chi connectivity index (χ3n) is 3.07. The van der Waals surface area contributed by atoms with E-state index in [1.54, 1.807) is 14.2 Å². The first-order chi connectivity index (χ1) is 8.06. The smallest absolute Gasteiger partial charge is 0.129 e. The minimum atomic E-state index is 0.286. The molecule has 1 rings (SSSR count). The number of hydrogen-bond acceptors (Lipinski definition) is 3. The zero-order valence-electron chi connectivity index (χ0n) is 11.4. The maximum atomic E-state index is 5.74. The molecule has 3 nitrogen and oxygen atoms in total. The van der Waals surface area contributed by atoms with Gasteiger partial charge < -0.3 is 15.2 Å². The van der Waals surface area contributed by atoms with Crippen molar-refractivity contribution in [3.8, 4) is 11.5 Å². The van der Waals surface area contributed by atoms with E-state index < -0.39 is 0 Å². The maximum Gasteiger partial charge on any atom is 0.129 e. The fourth-order valence-electron chi connectivity index (χ4n) is 2.07. The number of methoxy groups -OCH3 is 2. The Bertz CT molecular complexity index is 375. The molecule has 1 aromatic rings. The maximum absolute atomic E-state index is 5.74. The lowest BCUT2D eigenvalue weighted by molar-refractivity contribution is 0.377. The van der Waals surface area contributed by atoms with Gasteiger partial charge in [-0.2, -0.15) is 0 Å². The van der Waals surface area contributed by atoms with Gasteiger partial charge in [0.1, 0.15) is 11.5 Å². The molecule has 0 saturated heterocycles. The van der Waals surface area contributed by atoms with Crippen LogP contribution in [0, 0.1) is 0 Å². The zero-order valence-corrected chi connectivity index (χ0v) is 11.4. The molecule has 0 heterocycles. The van der Waals surface area contributed by atoms with Gasteiger partial charge in [0.15, 0.2) is 0 Å². The molecule has 0 radical (unpaired) electrons. The minimum absolute atomic E-state index is 0.286. The van der Waals surface area contributed by atoms with E-state index in [2.05, 4.69) is 20.8 Å². The van der Waals surface area contributed by atoms with Gasteiger partial charge in [0.2, 0.25) is 0 Å². The first-order valence-electron chi connectivity index (χ1n) is 6.01. The Labute approximate surface area is 104 Å². The van der Waals surface area contributed by atoms with Gasteiger partial charge in [-0.05, 0) is 30.0 Å². The molecule has 3 heteroatoms. The average Bonchev–Trinajstić information content (AvgIpc) is 2.35. The largest absolute Gasteiger partial charge is 0.496 e. The Morgan fingerprint density at radius 2 is 1.76 bits per heavy atom. The standard InChI is InChI=1S/C14H23NO2/c1-9(2)13-12(16-4)7-6-11(10(3)8-15)14(13)17-5/h6-7,9-10H,8,15H2,1-5H3. The van der Waals surface area contributed by atoms with Crippen molar-refractivity contribution >= 4 is 0 Å². The Morgan fingerprint density at radius 1 is 1.12 bits per heavy atom. The molecule has 0 spiro atoms. The van der Waals surface area contributed by atoms with E-state index in [4.69, 9.17) is 15.2 Å². The van der Waals surface area contributed by atoms with E-state index in [1.807, 2.05) is 12.1 Å². The van der Waals surface area contributed by atoms with Crippen molar-refractivity contribution in [3.63, 3.8) is 0 Å². The molecule has 0 aliphatic carbocycles. The highest BCUT2D eigenvalue weighted by molar-refractivity contribution is 5.53.